The highest BCUT2D eigenvalue weighted by molar-refractivity contribution is 5.06. The Morgan fingerprint density at radius 1 is 1.29 bits per heavy atom. The van der Waals surface area contributed by atoms with Crippen molar-refractivity contribution < 1.29 is 4.74 Å². The molecule has 1 aliphatic rings. The summed E-state index contributed by atoms with van der Waals surface area (Å²) in [5.41, 5.74) is 0.390. The summed E-state index contributed by atoms with van der Waals surface area (Å²) >= 11 is 0. The molecule has 3 atom stereocenters. The van der Waals surface area contributed by atoms with Gasteiger partial charge in [-0.15, -0.1) is 0 Å². The van der Waals surface area contributed by atoms with Crippen molar-refractivity contribution in [2.45, 2.75) is 71.9 Å². The molecule has 0 amide bonds. The smallest absolute Gasteiger partial charge is 0.0661 e. The van der Waals surface area contributed by atoms with Crippen LogP contribution in [0.25, 0.3) is 0 Å². The average molecular weight is 241 g/mol. The number of hydrogen-bond donors (Lipinski definition) is 1. The van der Waals surface area contributed by atoms with Crippen molar-refractivity contribution >= 4 is 0 Å². The van der Waals surface area contributed by atoms with Crippen molar-refractivity contribution in [3.8, 4) is 0 Å². The molecule has 0 aromatic heterocycles. The topological polar surface area (TPSA) is 21.3 Å². The number of ether oxygens (including phenoxy) is 1. The lowest BCUT2D eigenvalue weighted by atomic mass is 9.58. The minimum absolute atomic E-state index is 0.390. The molecule has 17 heavy (non-hydrogen) atoms. The van der Waals surface area contributed by atoms with E-state index in [0.29, 0.717) is 23.5 Å². The molecule has 0 spiro atoms. The molecule has 102 valence electrons. The summed E-state index contributed by atoms with van der Waals surface area (Å²) in [7, 11) is 2.08. The largest absolute Gasteiger partial charge is 0.377 e. The maximum absolute atomic E-state index is 6.18. The summed E-state index contributed by atoms with van der Waals surface area (Å²) in [6.45, 7) is 10.1. The Morgan fingerprint density at radius 3 is 2.41 bits per heavy atom. The molecule has 0 saturated heterocycles. The van der Waals surface area contributed by atoms with Crippen molar-refractivity contribution in [3.63, 3.8) is 0 Å². The molecule has 3 unspecified atom stereocenters. The Bertz CT molecular complexity index is 213. The molecule has 1 rings (SSSR count). The number of nitrogens with one attached hydrogen (secondary N) is 1. The highest BCUT2D eigenvalue weighted by Crippen LogP contribution is 2.48. The van der Waals surface area contributed by atoms with Gasteiger partial charge in [0, 0.05) is 18.1 Å². The molecule has 1 fully saturated rings. The van der Waals surface area contributed by atoms with Crippen LogP contribution in [0.15, 0.2) is 0 Å². The van der Waals surface area contributed by atoms with Crippen LogP contribution in [0.1, 0.15) is 59.8 Å². The van der Waals surface area contributed by atoms with E-state index in [2.05, 4.69) is 40.1 Å². The summed E-state index contributed by atoms with van der Waals surface area (Å²) in [5.74, 6) is 0.708. The monoisotopic (exact) mass is 241 g/mol. The molecular weight excluding hydrogens is 210 g/mol. The second kappa shape index (κ2) is 6.75. The van der Waals surface area contributed by atoms with Gasteiger partial charge < -0.3 is 10.1 Å². The number of hydrogen-bond acceptors (Lipinski definition) is 2. The van der Waals surface area contributed by atoms with Gasteiger partial charge in [0.15, 0.2) is 0 Å². The van der Waals surface area contributed by atoms with E-state index >= 15 is 0 Å². The Labute approximate surface area is 108 Å². The van der Waals surface area contributed by atoms with Gasteiger partial charge in [-0.05, 0) is 38.6 Å². The highest BCUT2D eigenvalue weighted by atomic mass is 16.5. The van der Waals surface area contributed by atoms with Crippen LogP contribution < -0.4 is 5.32 Å². The highest BCUT2D eigenvalue weighted by Gasteiger charge is 2.52. The molecule has 0 heterocycles. The summed E-state index contributed by atoms with van der Waals surface area (Å²) in [5, 5.41) is 3.46. The fourth-order valence-electron chi connectivity index (χ4n) is 3.44. The zero-order valence-corrected chi connectivity index (χ0v) is 12.4. The van der Waals surface area contributed by atoms with E-state index in [0.717, 1.165) is 6.61 Å². The number of rotatable bonds is 8. The third-order valence-electron chi connectivity index (χ3n) is 4.81. The lowest BCUT2D eigenvalue weighted by Gasteiger charge is -2.55. The van der Waals surface area contributed by atoms with Crippen molar-refractivity contribution in [1.82, 2.24) is 5.32 Å². The maximum Gasteiger partial charge on any atom is 0.0661 e. The van der Waals surface area contributed by atoms with Gasteiger partial charge in [-0.25, -0.2) is 0 Å². The van der Waals surface area contributed by atoms with Gasteiger partial charge in [0.25, 0.3) is 0 Å². The molecule has 1 N–H and O–H groups in total. The van der Waals surface area contributed by atoms with E-state index in [4.69, 9.17) is 4.74 Å². The molecular formula is C15H31NO. The minimum atomic E-state index is 0.390. The van der Waals surface area contributed by atoms with E-state index in [1.165, 1.54) is 32.1 Å². The first-order valence-corrected chi connectivity index (χ1v) is 7.43. The van der Waals surface area contributed by atoms with Gasteiger partial charge in [0.2, 0.25) is 0 Å². The Balaban J connectivity index is 2.44. The van der Waals surface area contributed by atoms with Crippen LogP contribution in [0.3, 0.4) is 0 Å². The first-order chi connectivity index (χ1) is 8.14. The lowest BCUT2D eigenvalue weighted by Crippen LogP contribution is -2.62. The normalized spacial score (nSPS) is 28.8. The molecule has 0 aromatic carbocycles. The van der Waals surface area contributed by atoms with Crippen molar-refractivity contribution in [3.05, 3.63) is 0 Å². The van der Waals surface area contributed by atoms with E-state index < -0.39 is 0 Å². The second-order valence-corrected chi connectivity index (χ2v) is 5.73. The summed E-state index contributed by atoms with van der Waals surface area (Å²) < 4.78 is 6.18. The third kappa shape index (κ3) is 3.03. The summed E-state index contributed by atoms with van der Waals surface area (Å²) in [4.78, 5) is 0. The standard InChI is InChI=1S/C15H31NO/c1-6-9-12(4)11-17-14-10-13(16-5)15(14,7-2)8-3/h12-14,16H,6-11H2,1-5H3. The molecule has 2 nitrogen and oxygen atoms in total. The summed E-state index contributed by atoms with van der Waals surface area (Å²) in [6, 6.07) is 0.656. The van der Waals surface area contributed by atoms with Crippen LogP contribution in [0.5, 0.6) is 0 Å². The predicted molar refractivity (Wildman–Crippen MR) is 74.3 cm³/mol. The summed E-state index contributed by atoms with van der Waals surface area (Å²) in [6.07, 6.45) is 6.67. The molecule has 0 radical (unpaired) electrons. The first kappa shape index (κ1) is 15.0. The van der Waals surface area contributed by atoms with Gasteiger partial charge in [0.1, 0.15) is 0 Å². The quantitative estimate of drug-likeness (QED) is 0.701. The third-order valence-corrected chi connectivity index (χ3v) is 4.81. The van der Waals surface area contributed by atoms with Crippen molar-refractivity contribution in [2.75, 3.05) is 13.7 Å². The van der Waals surface area contributed by atoms with Crippen molar-refractivity contribution in [1.29, 1.82) is 0 Å². The van der Waals surface area contributed by atoms with Gasteiger partial charge in [-0.2, -0.15) is 0 Å². The zero-order chi connectivity index (χ0) is 12.9. The van der Waals surface area contributed by atoms with Gasteiger partial charge >= 0.3 is 0 Å². The van der Waals surface area contributed by atoms with Crippen LogP contribution in [-0.2, 0) is 4.74 Å². The minimum Gasteiger partial charge on any atom is -0.377 e. The van der Waals surface area contributed by atoms with Crippen LogP contribution >= 0.6 is 0 Å². The zero-order valence-electron chi connectivity index (χ0n) is 12.4. The predicted octanol–water partition coefficient (Wildman–Crippen LogP) is 3.61. The molecule has 1 saturated carbocycles. The fourth-order valence-corrected chi connectivity index (χ4v) is 3.44. The van der Waals surface area contributed by atoms with E-state index in [1.807, 2.05) is 0 Å². The molecule has 0 aromatic rings. The molecule has 0 bridgehead atoms. The SMILES string of the molecule is CCCC(C)COC1CC(NC)C1(CC)CC. The fraction of sp³-hybridized carbons (Fsp3) is 1.00. The van der Waals surface area contributed by atoms with Gasteiger partial charge in [-0.1, -0.05) is 34.1 Å². The molecule has 1 aliphatic carbocycles. The van der Waals surface area contributed by atoms with E-state index in [-0.39, 0.29) is 0 Å². The average Bonchev–Trinajstić information content (AvgIpc) is 2.30. The Morgan fingerprint density at radius 2 is 1.94 bits per heavy atom. The van der Waals surface area contributed by atoms with Crippen LogP contribution in [0.2, 0.25) is 0 Å². The van der Waals surface area contributed by atoms with Crippen molar-refractivity contribution in [2.24, 2.45) is 11.3 Å². The second-order valence-electron chi connectivity index (χ2n) is 5.73. The van der Waals surface area contributed by atoms with Crippen LogP contribution in [0, 0.1) is 11.3 Å². The van der Waals surface area contributed by atoms with Gasteiger partial charge in [-0.3, -0.25) is 0 Å². The molecule has 2 heteroatoms. The Hall–Kier alpha value is -0.0800. The van der Waals surface area contributed by atoms with Crippen LogP contribution in [0.4, 0.5) is 0 Å². The van der Waals surface area contributed by atoms with Gasteiger partial charge in [0.05, 0.1) is 6.10 Å². The van der Waals surface area contributed by atoms with E-state index in [1.54, 1.807) is 0 Å². The lowest BCUT2D eigenvalue weighted by molar-refractivity contribution is -0.145. The maximum atomic E-state index is 6.18. The Kier molecular flexibility index (Phi) is 5.94. The van der Waals surface area contributed by atoms with Crippen LogP contribution in [-0.4, -0.2) is 25.8 Å². The van der Waals surface area contributed by atoms with E-state index in [9.17, 15) is 0 Å². The molecule has 0 aliphatic heterocycles. The first-order valence-electron chi connectivity index (χ1n) is 7.43.